The van der Waals surface area contributed by atoms with Crippen LogP contribution in [0.5, 0.6) is 0 Å². The number of sulfone groups is 1. The lowest BCUT2D eigenvalue weighted by molar-refractivity contribution is 0.0801. The van der Waals surface area contributed by atoms with E-state index in [9.17, 15) is 8.42 Å². The molecule has 0 saturated heterocycles. The highest BCUT2D eigenvalue weighted by atomic mass is 35.5. The third-order valence-electron chi connectivity index (χ3n) is 2.70. The van der Waals surface area contributed by atoms with Gasteiger partial charge < -0.3 is 0 Å². The Labute approximate surface area is 65.5 Å². The zero-order valence-electron chi connectivity index (χ0n) is 5.72. The molecule has 0 spiro atoms. The second-order valence-electron chi connectivity index (χ2n) is 3.64. The summed E-state index contributed by atoms with van der Waals surface area (Å²) in [5, 5.41) is 0. The second kappa shape index (κ2) is 1.39. The largest absolute Gasteiger partial charge is 0.229 e. The van der Waals surface area contributed by atoms with Crippen molar-refractivity contribution in [2.45, 2.75) is 28.9 Å². The van der Waals surface area contributed by atoms with Crippen LogP contribution in [0, 0.1) is 0 Å². The summed E-state index contributed by atoms with van der Waals surface area (Å²) >= 11 is 5.90. The third kappa shape index (κ3) is 0.582. The van der Waals surface area contributed by atoms with E-state index in [4.69, 9.17) is 11.6 Å². The van der Waals surface area contributed by atoms with Crippen LogP contribution in [0.2, 0.25) is 0 Å². The van der Waals surface area contributed by atoms with Crippen LogP contribution in [0.3, 0.4) is 0 Å². The molecule has 4 heteroatoms. The molecule has 3 saturated carbocycles. The van der Waals surface area contributed by atoms with Crippen molar-refractivity contribution in [3.05, 3.63) is 0 Å². The lowest BCUT2D eigenvalue weighted by Crippen LogP contribution is -2.72. The van der Waals surface area contributed by atoms with Gasteiger partial charge in [0.2, 0.25) is 0 Å². The van der Waals surface area contributed by atoms with Crippen LogP contribution in [0.1, 0.15) is 19.3 Å². The molecule has 3 fully saturated rings. The maximum Gasteiger partial charge on any atom is 0.153 e. The monoisotopic (exact) mass is 180 g/mol. The molecule has 58 valence electrons. The standard InChI is InChI=1S/C6H9ClO2S/c1-10(8,9)6-2-5(7,3-6)4-6/h2-4H2,1H3. The SMILES string of the molecule is CS(=O)(=O)C12CC(Cl)(C1)C2. The van der Waals surface area contributed by atoms with Gasteiger partial charge in [0.05, 0.1) is 4.75 Å². The minimum atomic E-state index is -2.82. The highest BCUT2D eigenvalue weighted by molar-refractivity contribution is 7.92. The summed E-state index contributed by atoms with van der Waals surface area (Å²) in [7, 11) is -2.82. The van der Waals surface area contributed by atoms with E-state index < -0.39 is 14.6 Å². The Morgan fingerprint density at radius 1 is 1.30 bits per heavy atom. The molecule has 0 amide bonds. The van der Waals surface area contributed by atoms with E-state index in [1.807, 2.05) is 0 Å². The maximum absolute atomic E-state index is 11.1. The molecule has 0 unspecified atom stereocenters. The highest BCUT2D eigenvalue weighted by Crippen LogP contribution is 2.68. The van der Waals surface area contributed by atoms with Crippen LogP contribution < -0.4 is 0 Å². The minimum Gasteiger partial charge on any atom is -0.229 e. The Kier molecular flexibility index (Phi) is 0.962. The van der Waals surface area contributed by atoms with Gasteiger partial charge >= 0.3 is 0 Å². The number of alkyl halides is 1. The van der Waals surface area contributed by atoms with Gasteiger partial charge in [0.15, 0.2) is 9.84 Å². The molecular weight excluding hydrogens is 172 g/mol. The van der Waals surface area contributed by atoms with Crippen molar-refractivity contribution in [1.29, 1.82) is 0 Å². The van der Waals surface area contributed by atoms with Crippen molar-refractivity contribution < 1.29 is 8.42 Å². The van der Waals surface area contributed by atoms with Gasteiger partial charge in [-0.2, -0.15) is 0 Å². The van der Waals surface area contributed by atoms with Gasteiger partial charge in [0.1, 0.15) is 0 Å². The van der Waals surface area contributed by atoms with Crippen molar-refractivity contribution in [1.82, 2.24) is 0 Å². The smallest absolute Gasteiger partial charge is 0.153 e. The van der Waals surface area contributed by atoms with E-state index >= 15 is 0 Å². The molecule has 0 atom stereocenters. The molecule has 0 aromatic rings. The molecule has 3 aliphatic carbocycles. The van der Waals surface area contributed by atoms with Crippen molar-refractivity contribution in [3.8, 4) is 0 Å². The number of halogens is 1. The molecule has 0 N–H and O–H groups in total. The zero-order chi connectivity index (χ0) is 7.62. The summed E-state index contributed by atoms with van der Waals surface area (Å²) in [5.41, 5.74) is 0. The number of rotatable bonds is 1. The van der Waals surface area contributed by atoms with Gasteiger partial charge in [-0.15, -0.1) is 11.6 Å². The van der Waals surface area contributed by atoms with E-state index in [1.165, 1.54) is 6.26 Å². The summed E-state index contributed by atoms with van der Waals surface area (Å²) in [6.07, 6.45) is 3.35. The van der Waals surface area contributed by atoms with Crippen molar-refractivity contribution >= 4 is 21.4 Å². The maximum atomic E-state index is 11.1. The molecular formula is C6H9ClO2S. The molecule has 2 nitrogen and oxygen atoms in total. The van der Waals surface area contributed by atoms with Gasteiger partial charge in [0, 0.05) is 11.1 Å². The fourth-order valence-electron chi connectivity index (χ4n) is 1.97. The fourth-order valence-corrected chi connectivity index (χ4v) is 4.59. The normalized spacial score (nSPS) is 51.4. The average Bonchev–Trinajstić information content (AvgIpc) is 1.51. The van der Waals surface area contributed by atoms with Gasteiger partial charge in [-0.05, 0) is 19.3 Å². The number of hydrogen-bond acceptors (Lipinski definition) is 2. The summed E-state index contributed by atoms with van der Waals surface area (Å²) in [4.78, 5) is -0.122. The van der Waals surface area contributed by atoms with E-state index in [0.29, 0.717) is 19.3 Å². The second-order valence-corrected chi connectivity index (χ2v) is 6.85. The summed E-state index contributed by atoms with van der Waals surface area (Å²) in [6, 6.07) is 0. The molecule has 3 rings (SSSR count). The van der Waals surface area contributed by atoms with Crippen molar-refractivity contribution in [2.75, 3.05) is 6.26 Å². The van der Waals surface area contributed by atoms with Gasteiger partial charge in [-0.1, -0.05) is 0 Å². The molecule has 0 heterocycles. The Bertz CT molecular complexity index is 260. The van der Waals surface area contributed by atoms with E-state index in [-0.39, 0.29) is 4.87 Å². The summed E-state index contributed by atoms with van der Waals surface area (Å²) in [5.74, 6) is 0. The quantitative estimate of drug-likeness (QED) is 0.563. The first-order valence-corrected chi connectivity index (χ1v) is 5.53. The Morgan fingerprint density at radius 3 is 1.80 bits per heavy atom. The number of hydrogen-bond donors (Lipinski definition) is 0. The van der Waals surface area contributed by atoms with Crippen LogP contribution in [0.25, 0.3) is 0 Å². The first kappa shape index (κ1) is 6.92. The van der Waals surface area contributed by atoms with Crippen molar-refractivity contribution in [3.63, 3.8) is 0 Å². The average molecular weight is 181 g/mol. The van der Waals surface area contributed by atoms with Crippen molar-refractivity contribution in [2.24, 2.45) is 0 Å². The topological polar surface area (TPSA) is 34.1 Å². The molecule has 10 heavy (non-hydrogen) atoms. The molecule has 0 aromatic heterocycles. The van der Waals surface area contributed by atoms with Gasteiger partial charge in [0.25, 0.3) is 0 Å². The van der Waals surface area contributed by atoms with E-state index in [2.05, 4.69) is 0 Å². The van der Waals surface area contributed by atoms with Gasteiger partial charge in [-0.3, -0.25) is 0 Å². The van der Waals surface area contributed by atoms with Crippen LogP contribution in [0.4, 0.5) is 0 Å². The van der Waals surface area contributed by atoms with Crippen LogP contribution in [-0.4, -0.2) is 24.3 Å². The Morgan fingerprint density at radius 2 is 1.70 bits per heavy atom. The van der Waals surface area contributed by atoms with Crippen LogP contribution in [0.15, 0.2) is 0 Å². The minimum absolute atomic E-state index is 0.122. The van der Waals surface area contributed by atoms with Crippen LogP contribution >= 0.6 is 11.6 Å². The van der Waals surface area contributed by atoms with Gasteiger partial charge in [-0.25, -0.2) is 8.42 Å². The first-order valence-electron chi connectivity index (χ1n) is 3.26. The summed E-state index contributed by atoms with van der Waals surface area (Å²) in [6.45, 7) is 0. The molecule has 3 aliphatic rings. The lowest BCUT2D eigenvalue weighted by Gasteiger charge is -2.65. The fraction of sp³-hybridized carbons (Fsp3) is 1.00. The summed E-state index contributed by atoms with van der Waals surface area (Å²) < 4.78 is 21.7. The zero-order valence-corrected chi connectivity index (χ0v) is 7.30. The molecule has 0 radical (unpaired) electrons. The van der Waals surface area contributed by atoms with E-state index in [1.54, 1.807) is 0 Å². The predicted octanol–water partition coefficient (Wildman–Crippen LogP) is 0.945. The Balaban J connectivity index is 2.27. The molecule has 0 aliphatic heterocycles. The first-order chi connectivity index (χ1) is 4.37. The predicted molar refractivity (Wildman–Crippen MR) is 40.0 cm³/mol. The molecule has 2 bridgehead atoms. The molecule has 0 aromatic carbocycles. The highest BCUT2D eigenvalue weighted by Gasteiger charge is 2.72. The third-order valence-corrected chi connectivity index (χ3v) is 5.11. The lowest BCUT2D eigenvalue weighted by atomic mass is 9.54. The van der Waals surface area contributed by atoms with E-state index in [0.717, 1.165) is 0 Å². The Hall–Kier alpha value is 0.240. The van der Waals surface area contributed by atoms with Crippen LogP contribution in [-0.2, 0) is 9.84 Å².